The number of aromatic nitrogens is 3. The number of aromatic carboxylic acids is 1. The molecular weight excluding hydrogens is 440 g/mol. The van der Waals surface area contributed by atoms with E-state index in [-0.39, 0.29) is 12.2 Å². The normalized spacial score (nSPS) is 10.9. The van der Waals surface area contributed by atoms with Crippen molar-refractivity contribution in [1.29, 1.82) is 0 Å². The number of nitrogens with zero attached hydrogens (tertiary/aromatic N) is 3. The van der Waals surface area contributed by atoms with E-state index in [0.29, 0.717) is 22.1 Å². The van der Waals surface area contributed by atoms with Crippen LogP contribution in [0.1, 0.15) is 21.5 Å². The van der Waals surface area contributed by atoms with Crippen LogP contribution in [0.2, 0.25) is 0 Å². The van der Waals surface area contributed by atoms with E-state index in [2.05, 4.69) is 15.3 Å². The highest BCUT2D eigenvalue weighted by Gasteiger charge is 2.09. The smallest absolute Gasteiger partial charge is 0.335 e. The summed E-state index contributed by atoms with van der Waals surface area (Å²) in [5.41, 5.74) is 2.75. The first-order chi connectivity index (χ1) is 16.0. The fourth-order valence-electron chi connectivity index (χ4n) is 3.09. The predicted octanol–water partition coefficient (Wildman–Crippen LogP) is 4.78. The van der Waals surface area contributed by atoms with Crippen molar-refractivity contribution in [3.05, 3.63) is 94.3 Å². The van der Waals surface area contributed by atoms with Gasteiger partial charge in [-0.25, -0.2) is 9.89 Å². The Morgan fingerprint density at radius 2 is 1.88 bits per heavy atom. The number of hydrogen-bond donors (Lipinski definition) is 2. The van der Waals surface area contributed by atoms with Gasteiger partial charge >= 0.3 is 5.97 Å². The van der Waals surface area contributed by atoms with Gasteiger partial charge in [0.1, 0.15) is 6.61 Å². The Morgan fingerprint density at radius 3 is 2.58 bits per heavy atom. The highest BCUT2D eigenvalue weighted by Crippen LogP contribution is 2.28. The molecule has 8 nitrogen and oxygen atoms in total. The summed E-state index contributed by atoms with van der Waals surface area (Å²) in [7, 11) is 1.56. The third-order valence-corrected chi connectivity index (χ3v) is 5.05. The fourth-order valence-corrected chi connectivity index (χ4v) is 3.26. The van der Waals surface area contributed by atoms with Crippen LogP contribution in [0.15, 0.2) is 77.9 Å². The minimum absolute atomic E-state index is 0.230. The lowest BCUT2D eigenvalue weighted by molar-refractivity contribution is 0.0697. The molecule has 0 fully saturated rings. The van der Waals surface area contributed by atoms with E-state index in [1.54, 1.807) is 54.4 Å². The molecule has 2 N–H and O–H groups in total. The maximum absolute atomic E-state index is 11.0. The molecule has 0 spiro atoms. The van der Waals surface area contributed by atoms with Crippen LogP contribution in [-0.2, 0) is 6.61 Å². The van der Waals surface area contributed by atoms with E-state index < -0.39 is 5.97 Å². The topological polar surface area (TPSA) is 102 Å². The first-order valence-electron chi connectivity index (χ1n) is 9.95. The number of methoxy groups -OCH3 is 1. The van der Waals surface area contributed by atoms with Gasteiger partial charge in [-0.1, -0.05) is 42.5 Å². The van der Waals surface area contributed by atoms with E-state index in [9.17, 15) is 4.79 Å². The SMILES string of the molecule is COc1cc(/C=N\n2c(-c3ccccc3)n[nH]c2=S)ccc1OCc1ccc(C(=O)O)cc1. The average molecular weight is 461 g/mol. The fraction of sp³-hybridized carbons (Fsp3) is 0.0833. The van der Waals surface area contributed by atoms with E-state index in [1.807, 2.05) is 36.4 Å². The van der Waals surface area contributed by atoms with Gasteiger partial charge in [-0.2, -0.15) is 14.9 Å². The van der Waals surface area contributed by atoms with Crippen molar-refractivity contribution in [3.8, 4) is 22.9 Å². The molecule has 0 aliphatic carbocycles. The number of aromatic amines is 1. The summed E-state index contributed by atoms with van der Waals surface area (Å²) in [5, 5.41) is 20.5. The summed E-state index contributed by atoms with van der Waals surface area (Å²) in [5.74, 6) is 0.744. The zero-order chi connectivity index (χ0) is 23.2. The van der Waals surface area contributed by atoms with Crippen LogP contribution in [0.25, 0.3) is 11.4 Å². The van der Waals surface area contributed by atoms with Gasteiger partial charge in [-0.05, 0) is 53.7 Å². The van der Waals surface area contributed by atoms with Crippen LogP contribution in [-0.4, -0.2) is 39.3 Å². The van der Waals surface area contributed by atoms with E-state index in [0.717, 1.165) is 16.7 Å². The van der Waals surface area contributed by atoms with E-state index in [4.69, 9.17) is 26.8 Å². The second-order valence-corrected chi connectivity index (χ2v) is 7.36. The van der Waals surface area contributed by atoms with Crippen molar-refractivity contribution in [2.45, 2.75) is 6.61 Å². The second-order valence-electron chi connectivity index (χ2n) is 6.98. The van der Waals surface area contributed by atoms with Crippen LogP contribution in [0, 0.1) is 4.77 Å². The number of carboxylic acids is 1. The van der Waals surface area contributed by atoms with Gasteiger partial charge in [0.05, 0.1) is 18.9 Å². The summed E-state index contributed by atoms with van der Waals surface area (Å²) >= 11 is 5.31. The number of nitrogens with one attached hydrogen (secondary N) is 1. The van der Waals surface area contributed by atoms with Crippen molar-refractivity contribution >= 4 is 24.4 Å². The first-order valence-corrected chi connectivity index (χ1v) is 10.4. The van der Waals surface area contributed by atoms with Gasteiger partial charge in [-0.15, -0.1) is 0 Å². The lowest BCUT2D eigenvalue weighted by Crippen LogP contribution is -2.00. The molecule has 0 saturated carbocycles. The molecular formula is C24H20N4O4S. The number of carboxylic acid groups (broad SMARTS) is 1. The van der Waals surface area contributed by atoms with Crippen molar-refractivity contribution in [1.82, 2.24) is 14.9 Å². The van der Waals surface area contributed by atoms with Crippen molar-refractivity contribution in [2.24, 2.45) is 5.10 Å². The van der Waals surface area contributed by atoms with Crippen LogP contribution in [0.5, 0.6) is 11.5 Å². The van der Waals surface area contributed by atoms with Gasteiger partial charge in [0.25, 0.3) is 0 Å². The Hall–Kier alpha value is -4.24. The molecule has 9 heteroatoms. The number of benzene rings is 3. The molecule has 0 aliphatic heterocycles. The molecule has 0 saturated heterocycles. The third kappa shape index (κ3) is 5.16. The number of rotatable bonds is 8. The van der Waals surface area contributed by atoms with Gasteiger partial charge < -0.3 is 14.6 Å². The molecule has 0 radical (unpaired) electrons. The number of hydrogen-bond acceptors (Lipinski definition) is 6. The Kier molecular flexibility index (Phi) is 6.61. The molecule has 3 aromatic carbocycles. The quantitative estimate of drug-likeness (QED) is 0.290. The van der Waals surface area contributed by atoms with Crippen molar-refractivity contribution < 1.29 is 19.4 Å². The van der Waals surface area contributed by atoms with E-state index in [1.165, 1.54) is 0 Å². The molecule has 166 valence electrons. The molecule has 0 unspecified atom stereocenters. The molecule has 1 heterocycles. The second kappa shape index (κ2) is 9.92. The molecule has 0 aliphatic rings. The van der Waals surface area contributed by atoms with Gasteiger partial charge in [0.2, 0.25) is 4.77 Å². The van der Waals surface area contributed by atoms with Gasteiger partial charge in [0, 0.05) is 5.56 Å². The van der Waals surface area contributed by atoms with E-state index >= 15 is 0 Å². The summed E-state index contributed by atoms with van der Waals surface area (Å²) < 4.78 is 13.3. The summed E-state index contributed by atoms with van der Waals surface area (Å²) in [6.45, 7) is 0.272. The molecule has 1 aromatic heterocycles. The number of ether oxygens (including phenoxy) is 2. The van der Waals surface area contributed by atoms with Crippen LogP contribution < -0.4 is 9.47 Å². The first kappa shape index (κ1) is 22.0. The maximum Gasteiger partial charge on any atom is 0.335 e. The zero-order valence-corrected chi connectivity index (χ0v) is 18.5. The predicted molar refractivity (Wildman–Crippen MR) is 127 cm³/mol. The Bertz CT molecular complexity index is 1350. The van der Waals surface area contributed by atoms with Crippen LogP contribution in [0.4, 0.5) is 0 Å². The van der Waals surface area contributed by atoms with Gasteiger partial charge in [-0.3, -0.25) is 0 Å². The zero-order valence-electron chi connectivity index (χ0n) is 17.6. The summed E-state index contributed by atoms with van der Waals surface area (Å²) in [6.07, 6.45) is 1.66. The van der Waals surface area contributed by atoms with Gasteiger partial charge in [0.15, 0.2) is 17.3 Å². The highest BCUT2D eigenvalue weighted by molar-refractivity contribution is 7.71. The van der Waals surface area contributed by atoms with Crippen LogP contribution in [0.3, 0.4) is 0 Å². The van der Waals surface area contributed by atoms with Crippen LogP contribution >= 0.6 is 12.2 Å². The lowest BCUT2D eigenvalue weighted by atomic mass is 10.1. The largest absolute Gasteiger partial charge is 0.493 e. The molecule has 0 bridgehead atoms. The summed E-state index contributed by atoms with van der Waals surface area (Å²) in [4.78, 5) is 11.0. The minimum Gasteiger partial charge on any atom is -0.493 e. The molecule has 4 aromatic rings. The molecule has 0 atom stereocenters. The highest BCUT2D eigenvalue weighted by atomic mass is 32.1. The molecule has 33 heavy (non-hydrogen) atoms. The Balaban J connectivity index is 1.51. The Morgan fingerprint density at radius 1 is 1.12 bits per heavy atom. The standard InChI is InChI=1S/C24H20N4O4S/c1-31-21-13-17(9-12-20(21)32-15-16-7-10-19(11-8-16)23(29)30)14-25-28-22(26-27-24(28)33)18-5-3-2-4-6-18/h2-14H,15H2,1H3,(H,27,33)(H,29,30)/b25-14-. The lowest BCUT2D eigenvalue weighted by Gasteiger charge is -2.11. The molecule has 4 rings (SSSR count). The number of H-pyrrole nitrogens is 1. The minimum atomic E-state index is -0.964. The molecule has 0 amide bonds. The van der Waals surface area contributed by atoms with Crippen molar-refractivity contribution in [2.75, 3.05) is 7.11 Å². The van der Waals surface area contributed by atoms with Crippen molar-refractivity contribution in [3.63, 3.8) is 0 Å². The maximum atomic E-state index is 11.0. The Labute approximate surface area is 194 Å². The number of carbonyl (C=O) groups is 1. The summed E-state index contributed by atoms with van der Waals surface area (Å²) in [6, 6.07) is 21.6. The average Bonchev–Trinajstić information content (AvgIpc) is 3.22. The third-order valence-electron chi connectivity index (χ3n) is 4.79. The monoisotopic (exact) mass is 460 g/mol.